The molecule has 3 fully saturated rings. The SMILES string of the molecule is NCC(c1cncn1C1CC1)N1CCCC1C1CCCC1. The normalized spacial score (nSPS) is 29.3. The molecule has 2 atom stereocenters. The summed E-state index contributed by atoms with van der Waals surface area (Å²) in [6.07, 6.45) is 15.2. The molecule has 2 unspecified atom stereocenters. The van der Waals surface area contributed by atoms with Crippen LogP contribution in [0, 0.1) is 5.92 Å². The summed E-state index contributed by atoms with van der Waals surface area (Å²) in [6, 6.07) is 1.84. The van der Waals surface area contributed by atoms with Crippen LogP contribution in [0.25, 0.3) is 0 Å². The first-order chi connectivity index (χ1) is 10.4. The number of aromatic nitrogens is 2. The lowest BCUT2D eigenvalue weighted by molar-refractivity contribution is 0.133. The van der Waals surface area contributed by atoms with E-state index in [2.05, 4.69) is 20.6 Å². The van der Waals surface area contributed by atoms with Crippen molar-refractivity contribution in [2.75, 3.05) is 13.1 Å². The maximum absolute atomic E-state index is 6.21. The molecule has 116 valence electrons. The molecule has 2 aliphatic carbocycles. The molecule has 0 spiro atoms. The molecule has 2 heterocycles. The number of nitrogens with zero attached hydrogens (tertiary/aromatic N) is 3. The van der Waals surface area contributed by atoms with Crippen LogP contribution in [-0.4, -0.2) is 33.6 Å². The topological polar surface area (TPSA) is 47.1 Å². The predicted molar refractivity (Wildman–Crippen MR) is 84.0 cm³/mol. The van der Waals surface area contributed by atoms with E-state index in [0.29, 0.717) is 12.1 Å². The van der Waals surface area contributed by atoms with E-state index in [0.717, 1.165) is 18.5 Å². The first-order valence-electron chi connectivity index (χ1n) is 8.86. The molecule has 4 heteroatoms. The zero-order chi connectivity index (χ0) is 14.2. The maximum atomic E-state index is 6.21. The summed E-state index contributed by atoms with van der Waals surface area (Å²) in [7, 11) is 0. The van der Waals surface area contributed by atoms with Gasteiger partial charge in [0.15, 0.2) is 0 Å². The number of nitrogens with two attached hydrogens (primary N) is 1. The fourth-order valence-electron chi connectivity index (χ4n) is 4.71. The van der Waals surface area contributed by atoms with Gasteiger partial charge in [-0.3, -0.25) is 4.90 Å². The summed E-state index contributed by atoms with van der Waals surface area (Å²) in [5.41, 5.74) is 7.58. The van der Waals surface area contributed by atoms with Gasteiger partial charge in [0.1, 0.15) is 0 Å². The van der Waals surface area contributed by atoms with E-state index in [4.69, 9.17) is 5.73 Å². The highest BCUT2D eigenvalue weighted by atomic mass is 15.3. The van der Waals surface area contributed by atoms with Gasteiger partial charge in [0.25, 0.3) is 0 Å². The van der Waals surface area contributed by atoms with Crippen molar-refractivity contribution in [1.82, 2.24) is 14.5 Å². The molecule has 0 aromatic carbocycles. The Bertz CT molecular complexity index is 473. The molecule has 1 aliphatic heterocycles. The first-order valence-corrected chi connectivity index (χ1v) is 8.86. The Morgan fingerprint density at radius 3 is 2.67 bits per heavy atom. The number of rotatable bonds is 5. The van der Waals surface area contributed by atoms with Crippen LogP contribution in [0.2, 0.25) is 0 Å². The summed E-state index contributed by atoms with van der Waals surface area (Å²) >= 11 is 0. The Morgan fingerprint density at radius 2 is 1.95 bits per heavy atom. The van der Waals surface area contributed by atoms with Crippen molar-refractivity contribution in [3.63, 3.8) is 0 Å². The van der Waals surface area contributed by atoms with Crippen LogP contribution in [0.1, 0.15) is 69.1 Å². The lowest BCUT2D eigenvalue weighted by Crippen LogP contribution is -2.41. The molecule has 2 N–H and O–H groups in total. The molecule has 1 saturated heterocycles. The molecule has 21 heavy (non-hydrogen) atoms. The molecule has 4 rings (SSSR count). The van der Waals surface area contributed by atoms with Crippen molar-refractivity contribution < 1.29 is 0 Å². The molecular weight excluding hydrogens is 260 g/mol. The highest BCUT2D eigenvalue weighted by Crippen LogP contribution is 2.41. The molecule has 2 saturated carbocycles. The standard InChI is InChI=1S/C17H28N4/c18-10-16(17-11-19-12-21(17)14-7-8-14)20-9-3-6-15(20)13-4-1-2-5-13/h11-16H,1-10,18H2. The van der Waals surface area contributed by atoms with E-state index in [-0.39, 0.29) is 0 Å². The van der Waals surface area contributed by atoms with Crippen LogP contribution in [0.3, 0.4) is 0 Å². The molecule has 1 aromatic rings. The fraction of sp³-hybridized carbons (Fsp3) is 0.824. The average molecular weight is 288 g/mol. The highest BCUT2D eigenvalue weighted by molar-refractivity contribution is 5.11. The lowest BCUT2D eigenvalue weighted by atomic mass is 9.94. The number of imidazole rings is 1. The molecular formula is C17H28N4. The summed E-state index contributed by atoms with van der Waals surface area (Å²) in [5.74, 6) is 0.916. The fourth-order valence-corrected chi connectivity index (χ4v) is 4.71. The minimum absolute atomic E-state index is 0.376. The van der Waals surface area contributed by atoms with Gasteiger partial charge in [0.2, 0.25) is 0 Å². The maximum Gasteiger partial charge on any atom is 0.0951 e. The van der Waals surface area contributed by atoms with Crippen molar-refractivity contribution in [2.45, 2.75) is 69.5 Å². The Labute approximate surface area is 127 Å². The second-order valence-corrected chi connectivity index (χ2v) is 7.20. The Morgan fingerprint density at radius 1 is 1.14 bits per heavy atom. The monoisotopic (exact) mass is 288 g/mol. The van der Waals surface area contributed by atoms with Gasteiger partial charge in [-0.2, -0.15) is 0 Å². The largest absolute Gasteiger partial charge is 0.330 e. The smallest absolute Gasteiger partial charge is 0.0951 e. The second-order valence-electron chi connectivity index (χ2n) is 7.20. The van der Waals surface area contributed by atoms with Crippen LogP contribution in [-0.2, 0) is 0 Å². The summed E-state index contributed by atoms with van der Waals surface area (Å²) in [4.78, 5) is 7.15. The molecule has 4 nitrogen and oxygen atoms in total. The van der Waals surface area contributed by atoms with Gasteiger partial charge in [-0.25, -0.2) is 4.98 Å². The number of hydrogen-bond donors (Lipinski definition) is 1. The quantitative estimate of drug-likeness (QED) is 0.906. The van der Waals surface area contributed by atoms with Crippen LogP contribution in [0.4, 0.5) is 0 Å². The third-order valence-corrected chi connectivity index (χ3v) is 5.89. The zero-order valence-corrected chi connectivity index (χ0v) is 13.0. The van der Waals surface area contributed by atoms with Gasteiger partial charge < -0.3 is 10.3 Å². The van der Waals surface area contributed by atoms with E-state index in [1.807, 2.05) is 6.33 Å². The minimum Gasteiger partial charge on any atom is -0.330 e. The van der Waals surface area contributed by atoms with Gasteiger partial charge in [-0.15, -0.1) is 0 Å². The average Bonchev–Trinajstić information content (AvgIpc) is 2.96. The third-order valence-electron chi connectivity index (χ3n) is 5.89. The molecule has 1 aromatic heterocycles. The Balaban J connectivity index is 1.57. The number of hydrogen-bond acceptors (Lipinski definition) is 3. The van der Waals surface area contributed by atoms with Crippen molar-refractivity contribution in [2.24, 2.45) is 11.7 Å². The van der Waals surface area contributed by atoms with Gasteiger partial charge in [-0.1, -0.05) is 12.8 Å². The molecule has 0 amide bonds. The predicted octanol–water partition coefficient (Wildman–Crippen LogP) is 2.87. The van der Waals surface area contributed by atoms with Crippen molar-refractivity contribution in [3.8, 4) is 0 Å². The first kappa shape index (κ1) is 13.8. The van der Waals surface area contributed by atoms with Crippen molar-refractivity contribution >= 4 is 0 Å². The third kappa shape index (κ3) is 2.53. The van der Waals surface area contributed by atoms with Crippen LogP contribution >= 0.6 is 0 Å². The van der Waals surface area contributed by atoms with Crippen LogP contribution in [0.15, 0.2) is 12.5 Å². The van der Waals surface area contributed by atoms with Crippen LogP contribution in [0.5, 0.6) is 0 Å². The van der Waals surface area contributed by atoms with E-state index in [9.17, 15) is 0 Å². The van der Waals surface area contributed by atoms with Gasteiger partial charge in [0, 0.05) is 24.8 Å². The van der Waals surface area contributed by atoms with E-state index in [1.54, 1.807) is 0 Å². The van der Waals surface area contributed by atoms with Crippen molar-refractivity contribution in [1.29, 1.82) is 0 Å². The van der Waals surface area contributed by atoms with E-state index >= 15 is 0 Å². The van der Waals surface area contributed by atoms with Gasteiger partial charge in [-0.05, 0) is 51.0 Å². The highest BCUT2D eigenvalue weighted by Gasteiger charge is 2.38. The summed E-state index contributed by atoms with van der Waals surface area (Å²) in [6.45, 7) is 1.94. The lowest BCUT2D eigenvalue weighted by Gasteiger charge is -2.36. The molecule has 3 aliphatic rings. The Hall–Kier alpha value is -0.870. The summed E-state index contributed by atoms with van der Waals surface area (Å²) in [5, 5.41) is 0. The Kier molecular flexibility index (Phi) is 3.76. The molecule has 0 radical (unpaired) electrons. The number of likely N-dealkylation sites (tertiary alicyclic amines) is 1. The van der Waals surface area contributed by atoms with Gasteiger partial charge in [0.05, 0.1) is 18.1 Å². The second kappa shape index (κ2) is 5.73. The van der Waals surface area contributed by atoms with E-state index in [1.165, 1.54) is 63.6 Å². The minimum atomic E-state index is 0.376. The van der Waals surface area contributed by atoms with Crippen LogP contribution < -0.4 is 5.73 Å². The summed E-state index contributed by atoms with van der Waals surface area (Å²) < 4.78 is 2.40. The van der Waals surface area contributed by atoms with Gasteiger partial charge >= 0.3 is 0 Å². The van der Waals surface area contributed by atoms with Crippen molar-refractivity contribution in [3.05, 3.63) is 18.2 Å². The molecule has 0 bridgehead atoms. The van der Waals surface area contributed by atoms with E-state index < -0.39 is 0 Å². The zero-order valence-electron chi connectivity index (χ0n) is 13.0.